The van der Waals surface area contributed by atoms with E-state index in [1.807, 2.05) is 31.2 Å². The number of hydrogen-bond donors (Lipinski definition) is 0. The molecule has 0 radical (unpaired) electrons. The van der Waals surface area contributed by atoms with Crippen LogP contribution < -0.4 is 0 Å². The third-order valence-electron chi connectivity index (χ3n) is 3.02. The van der Waals surface area contributed by atoms with Crippen LogP contribution in [0.4, 0.5) is 0 Å². The molecule has 0 aliphatic carbocycles. The molecule has 0 aliphatic heterocycles. The predicted molar refractivity (Wildman–Crippen MR) is 69.4 cm³/mol. The topological polar surface area (TPSA) is 30.2 Å². The van der Waals surface area contributed by atoms with Crippen LogP contribution in [0.3, 0.4) is 0 Å². The minimum Gasteiger partial charge on any atom is -0.453 e. The molecular formula is C15H18O2. The van der Waals surface area contributed by atoms with E-state index < -0.39 is 0 Å². The number of carbonyl (C=O) groups excluding carboxylic acids is 1. The Balaban J connectivity index is 2.19. The molecule has 17 heavy (non-hydrogen) atoms. The summed E-state index contributed by atoms with van der Waals surface area (Å²) in [4.78, 5) is 11.9. The highest BCUT2D eigenvalue weighted by atomic mass is 16.3. The first-order valence-electron chi connectivity index (χ1n) is 6.24. The second-order valence-electron chi connectivity index (χ2n) is 4.48. The Morgan fingerprint density at radius 1 is 1.29 bits per heavy atom. The summed E-state index contributed by atoms with van der Waals surface area (Å²) >= 11 is 0. The Bertz CT molecular complexity index is 523. The second kappa shape index (κ2) is 5.17. The van der Waals surface area contributed by atoms with Gasteiger partial charge >= 0.3 is 0 Å². The van der Waals surface area contributed by atoms with E-state index in [2.05, 4.69) is 6.92 Å². The smallest absolute Gasteiger partial charge is 0.198 e. The van der Waals surface area contributed by atoms with Crippen LogP contribution in [-0.4, -0.2) is 5.78 Å². The SMILES string of the molecule is CCCCCC(=O)c1cc2cccc(C)c2o1. The monoisotopic (exact) mass is 230 g/mol. The lowest BCUT2D eigenvalue weighted by molar-refractivity contribution is 0.0954. The number of para-hydroxylation sites is 1. The highest BCUT2D eigenvalue weighted by molar-refractivity contribution is 5.97. The summed E-state index contributed by atoms with van der Waals surface area (Å²) in [5.41, 5.74) is 1.92. The molecule has 1 aromatic carbocycles. The normalized spacial score (nSPS) is 10.9. The van der Waals surface area contributed by atoms with E-state index in [0.717, 1.165) is 35.8 Å². The van der Waals surface area contributed by atoms with E-state index >= 15 is 0 Å². The lowest BCUT2D eigenvalue weighted by atomic mass is 10.1. The number of unbranched alkanes of at least 4 members (excludes halogenated alkanes) is 2. The van der Waals surface area contributed by atoms with Gasteiger partial charge in [-0.1, -0.05) is 38.0 Å². The van der Waals surface area contributed by atoms with Crippen molar-refractivity contribution < 1.29 is 9.21 Å². The molecule has 2 nitrogen and oxygen atoms in total. The standard InChI is InChI=1S/C15H18O2/c1-3-4-5-9-13(16)14-10-12-8-6-7-11(2)15(12)17-14/h6-8,10H,3-5,9H2,1-2H3. The maximum atomic E-state index is 11.9. The van der Waals surface area contributed by atoms with E-state index in [4.69, 9.17) is 4.42 Å². The largest absolute Gasteiger partial charge is 0.453 e. The average Bonchev–Trinajstić information content (AvgIpc) is 2.75. The number of hydrogen-bond acceptors (Lipinski definition) is 2. The van der Waals surface area contributed by atoms with E-state index in [1.54, 1.807) is 0 Å². The van der Waals surface area contributed by atoms with Crippen LogP contribution in [0.2, 0.25) is 0 Å². The molecular weight excluding hydrogens is 212 g/mol. The van der Waals surface area contributed by atoms with Gasteiger partial charge in [-0.2, -0.15) is 0 Å². The number of furan rings is 1. The fourth-order valence-corrected chi connectivity index (χ4v) is 2.01. The summed E-state index contributed by atoms with van der Waals surface area (Å²) in [6, 6.07) is 7.82. The van der Waals surface area contributed by atoms with Crippen LogP contribution >= 0.6 is 0 Å². The quantitative estimate of drug-likeness (QED) is 0.559. The number of Topliss-reactive ketones (excluding diaryl/α,β-unsaturated/α-hetero) is 1. The van der Waals surface area contributed by atoms with Crippen molar-refractivity contribution in [2.75, 3.05) is 0 Å². The zero-order valence-corrected chi connectivity index (χ0v) is 10.5. The third kappa shape index (κ3) is 2.57. The first kappa shape index (κ1) is 11.9. The molecule has 0 amide bonds. The molecule has 1 aromatic heterocycles. The molecule has 0 fully saturated rings. The van der Waals surface area contributed by atoms with Crippen molar-refractivity contribution in [1.82, 2.24) is 0 Å². The Hall–Kier alpha value is -1.57. The molecule has 2 aromatic rings. The van der Waals surface area contributed by atoms with E-state index in [-0.39, 0.29) is 5.78 Å². The van der Waals surface area contributed by atoms with Gasteiger partial charge in [-0.05, 0) is 25.0 Å². The van der Waals surface area contributed by atoms with Crippen LogP contribution in [0.25, 0.3) is 11.0 Å². The van der Waals surface area contributed by atoms with Gasteiger partial charge in [-0.25, -0.2) is 0 Å². The Labute approximate surface area is 102 Å². The maximum Gasteiger partial charge on any atom is 0.198 e. The number of benzene rings is 1. The number of fused-ring (bicyclic) bond motifs is 1. The summed E-state index contributed by atoms with van der Waals surface area (Å²) in [5, 5.41) is 1.02. The van der Waals surface area contributed by atoms with E-state index in [0.29, 0.717) is 12.2 Å². The lowest BCUT2D eigenvalue weighted by Crippen LogP contribution is -1.96. The van der Waals surface area contributed by atoms with E-state index in [9.17, 15) is 4.79 Å². The van der Waals surface area contributed by atoms with Crippen molar-refractivity contribution in [3.63, 3.8) is 0 Å². The van der Waals surface area contributed by atoms with Gasteiger partial charge in [0.05, 0.1) is 0 Å². The van der Waals surface area contributed by atoms with Crippen LogP contribution in [0.5, 0.6) is 0 Å². The summed E-state index contributed by atoms with van der Waals surface area (Å²) in [7, 11) is 0. The fourth-order valence-electron chi connectivity index (χ4n) is 2.01. The van der Waals surface area contributed by atoms with Gasteiger partial charge in [0.1, 0.15) is 5.58 Å². The fraction of sp³-hybridized carbons (Fsp3) is 0.400. The van der Waals surface area contributed by atoms with Gasteiger partial charge in [0.25, 0.3) is 0 Å². The Morgan fingerprint density at radius 3 is 2.82 bits per heavy atom. The molecule has 90 valence electrons. The molecule has 2 heteroatoms. The zero-order valence-electron chi connectivity index (χ0n) is 10.5. The van der Waals surface area contributed by atoms with Gasteiger partial charge in [0.2, 0.25) is 0 Å². The summed E-state index contributed by atoms with van der Waals surface area (Å²) in [6.45, 7) is 4.13. The first-order valence-corrected chi connectivity index (χ1v) is 6.24. The summed E-state index contributed by atoms with van der Waals surface area (Å²) in [5.74, 6) is 0.624. The third-order valence-corrected chi connectivity index (χ3v) is 3.02. The molecule has 0 saturated heterocycles. The number of carbonyl (C=O) groups is 1. The van der Waals surface area contributed by atoms with Crippen molar-refractivity contribution in [2.24, 2.45) is 0 Å². The van der Waals surface area contributed by atoms with Gasteiger partial charge in [-0.3, -0.25) is 4.79 Å². The lowest BCUT2D eigenvalue weighted by Gasteiger charge is -1.96. The Morgan fingerprint density at radius 2 is 2.12 bits per heavy atom. The molecule has 0 spiro atoms. The molecule has 0 saturated carbocycles. The molecule has 0 bridgehead atoms. The van der Waals surface area contributed by atoms with Crippen LogP contribution in [0.15, 0.2) is 28.7 Å². The highest BCUT2D eigenvalue weighted by Crippen LogP contribution is 2.23. The molecule has 0 unspecified atom stereocenters. The van der Waals surface area contributed by atoms with Crippen molar-refractivity contribution in [1.29, 1.82) is 0 Å². The highest BCUT2D eigenvalue weighted by Gasteiger charge is 2.12. The van der Waals surface area contributed by atoms with Crippen molar-refractivity contribution in [3.05, 3.63) is 35.6 Å². The van der Waals surface area contributed by atoms with Gasteiger partial charge < -0.3 is 4.42 Å². The van der Waals surface area contributed by atoms with Crippen LogP contribution in [-0.2, 0) is 0 Å². The van der Waals surface area contributed by atoms with Crippen LogP contribution in [0.1, 0.15) is 48.7 Å². The first-order chi connectivity index (χ1) is 8.22. The maximum absolute atomic E-state index is 11.9. The predicted octanol–water partition coefficient (Wildman–Crippen LogP) is 4.50. The van der Waals surface area contributed by atoms with Gasteiger partial charge in [-0.15, -0.1) is 0 Å². The van der Waals surface area contributed by atoms with Crippen LogP contribution in [0, 0.1) is 6.92 Å². The van der Waals surface area contributed by atoms with Gasteiger partial charge in [0, 0.05) is 11.8 Å². The molecule has 2 rings (SSSR count). The minimum absolute atomic E-state index is 0.119. The number of aryl methyl sites for hydroxylation is 1. The van der Waals surface area contributed by atoms with Gasteiger partial charge in [0.15, 0.2) is 11.5 Å². The molecule has 0 aliphatic rings. The Kier molecular flexibility index (Phi) is 3.62. The molecule has 0 atom stereocenters. The molecule has 1 heterocycles. The summed E-state index contributed by atoms with van der Waals surface area (Å²) < 4.78 is 5.64. The van der Waals surface area contributed by atoms with E-state index in [1.165, 1.54) is 0 Å². The van der Waals surface area contributed by atoms with Crippen molar-refractivity contribution in [2.45, 2.75) is 39.5 Å². The molecule has 0 N–H and O–H groups in total. The van der Waals surface area contributed by atoms with Crippen molar-refractivity contribution >= 4 is 16.8 Å². The zero-order chi connectivity index (χ0) is 12.3. The summed E-state index contributed by atoms with van der Waals surface area (Å²) in [6.07, 6.45) is 3.77. The second-order valence-corrected chi connectivity index (χ2v) is 4.48. The number of rotatable bonds is 5. The average molecular weight is 230 g/mol. The minimum atomic E-state index is 0.119. The van der Waals surface area contributed by atoms with Crippen molar-refractivity contribution in [3.8, 4) is 0 Å². The number of ketones is 1.